The lowest BCUT2D eigenvalue weighted by Gasteiger charge is -2.22. The Morgan fingerprint density at radius 1 is 1.44 bits per heavy atom. The van der Waals surface area contributed by atoms with Crippen molar-refractivity contribution in [3.8, 4) is 0 Å². The van der Waals surface area contributed by atoms with Gasteiger partial charge in [0.05, 0.1) is 18.2 Å². The minimum atomic E-state index is 0.198. The molecule has 0 aromatic carbocycles. The van der Waals surface area contributed by atoms with E-state index in [9.17, 15) is 0 Å². The van der Waals surface area contributed by atoms with E-state index in [-0.39, 0.29) is 12.1 Å². The highest BCUT2D eigenvalue weighted by Gasteiger charge is 2.31. The van der Waals surface area contributed by atoms with Crippen LogP contribution in [0.3, 0.4) is 0 Å². The summed E-state index contributed by atoms with van der Waals surface area (Å²) in [7, 11) is 0. The zero-order chi connectivity index (χ0) is 11.5. The molecular formula is C13H21NO2. The number of hydrogen-bond donors (Lipinski definition) is 1. The SMILES string of the molecule is CCNC(c1ccc(C)o1)C1CCC(C)O1. The highest BCUT2D eigenvalue weighted by molar-refractivity contribution is 5.11. The maximum atomic E-state index is 5.92. The van der Waals surface area contributed by atoms with Gasteiger partial charge in [0.25, 0.3) is 0 Å². The highest BCUT2D eigenvalue weighted by Crippen LogP contribution is 2.30. The number of hydrogen-bond acceptors (Lipinski definition) is 3. The van der Waals surface area contributed by atoms with Crippen LogP contribution in [0, 0.1) is 6.92 Å². The van der Waals surface area contributed by atoms with Crippen molar-refractivity contribution in [3.63, 3.8) is 0 Å². The standard InChI is InChI=1S/C13H21NO2/c1-4-14-13(11-7-5-9(2)15-11)12-8-6-10(3)16-12/h5,7,10,12-14H,4,6,8H2,1-3H3. The minimum Gasteiger partial charge on any atom is -0.465 e. The van der Waals surface area contributed by atoms with Gasteiger partial charge in [0, 0.05) is 0 Å². The molecule has 1 saturated heterocycles. The molecule has 0 spiro atoms. The first-order chi connectivity index (χ1) is 7.70. The molecule has 1 aromatic heterocycles. The van der Waals surface area contributed by atoms with Crippen molar-refractivity contribution in [3.05, 3.63) is 23.7 Å². The van der Waals surface area contributed by atoms with Gasteiger partial charge in [-0.2, -0.15) is 0 Å². The fraction of sp³-hybridized carbons (Fsp3) is 0.692. The number of rotatable bonds is 4. The molecule has 1 fully saturated rings. The number of likely N-dealkylation sites (N-methyl/N-ethyl adjacent to an activating group) is 1. The number of aryl methyl sites for hydroxylation is 1. The van der Waals surface area contributed by atoms with Crippen molar-refractivity contribution >= 4 is 0 Å². The molecule has 2 heterocycles. The van der Waals surface area contributed by atoms with Gasteiger partial charge in [0.1, 0.15) is 11.5 Å². The summed E-state index contributed by atoms with van der Waals surface area (Å²) < 4.78 is 11.6. The summed E-state index contributed by atoms with van der Waals surface area (Å²) in [6.45, 7) is 7.15. The molecule has 3 heteroatoms. The largest absolute Gasteiger partial charge is 0.465 e. The summed E-state index contributed by atoms with van der Waals surface area (Å²) in [5.41, 5.74) is 0. The van der Waals surface area contributed by atoms with Gasteiger partial charge in [-0.15, -0.1) is 0 Å². The zero-order valence-corrected chi connectivity index (χ0v) is 10.3. The maximum absolute atomic E-state index is 5.92. The lowest BCUT2D eigenvalue weighted by molar-refractivity contribution is 0.0269. The molecule has 0 saturated carbocycles. The third-order valence-corrected chi connectivity index (χ3v) is 3.13. The van der Waals surface area contributed by atoms with E-state index in [1.54, 1.807) is 0 Å². The van der Waals surface area contributed by atoms with Gasteiger partial charge in [-0.3, -0.25) is 0 Å². The van der Waals surface area contributed by atoms with E-state index in [4.69, 9.17) is 9.15 Å². The summed E-state index contributed by atoms with van der Waals surface area (Å²) >= 11 is 0. The number of furan rings is 1. The third kappa shape index (κ3) is 2.47. The molecule has 16 heavy (non-hydrogen) atoms. The van der Waals surface area contributed by atoms with Gasteiger partial charge < -0.3 is 14.5 Å². The Morgan fingerprint density at radius 3 is 2.75 bits per heavy atom. The molecule has 1 aromatic rings. The Hall–Kier alpha value is -0.800. The molecule has 1 N–H and O–H groups in total. The number of ether oxygens (including phenoxy) is 1. The Morgan fingerprint density at radius 2 is 2.25 bits per heavy atom. The Bertz CT molecular complexity index is 334. The monoisotopic (exact) mass is 223 g/mol. The van der Waals surface area contributed by atoms with Gasteiger partial charge in [-0.1, -0.05) is 6.92 Å². The van der Waals surface area contributed by atoms with Crippen molar-refractivity contribution in [1.82, 2.24) is 5.32 Å². The molecule has 0 bridgehead atoms. The Kier molecular flexibility index (Phi) is 3.66. The first kappa shape index (κ1) is 11.7. The van der Waals surface area contributed by atoms with Crippen molar-refractivity contribution < 1.29 is 9.15 Å². The van der Waals surface area contributed by atoms with Crippen molar-refractivity contribution in [1.29, 1.82) is 0 Å². The molecule has 0 amide bonds. The van der Waals surface area contributed by atoms with Crippen LogP contribution in [0.4, 0.5) is 0 Å². The topological polar surface area (TPSA) is 34.4 Å². The van der Waals surface area contributed by atoms with Gasteiger partial charge >= 0.3 is 0 Å². The summed E-state index contributed by atoms with van der Waals surface area (Å²) in [4.78, 5) is 0. The van der Waals surface area contributed by atoms with Crippen molar-refractivity contribution in [2.75, 3.05) is 6.54 Å². The molecular weight excluding hydrogens is 202 g/mol. The molecule has 1 aliphatic heterocycles. The molecule has 1 aliphatic rings. The van der Waals surface area contributed by atoms with E-state index >= 15 is 0 Å². The fourth-order valence-electron chi connectivity index (χ4n) is 2.33. The fourth-order valence-corrected chi connectivity index (χ4v) is 2.33. The molecule has 3 nitrogen and oxygen atoms in total. The van der Waals surface area contributed by atoms with E-state index in [1.807, 2.05) is 13.0 Å². The van der Waals surface area contributed by atoms with Crippen LogP contribution in [0.25, 0.3) is 0 Å². The van der Waals surface area contributed by atoms with E-state index in [0.29, 0.717) is 6.10 Å². The summed E-state index contributed by atoms with van der Waals surface area (Å²) in [5, 5.41) is 3.46. The third-order valence-electron chi connectivity index (χ3n) is 3.13. The zero-order valence-electron chi connectivity index (χ0n) is 10.3. The summed E-state index contributed by atoms with van der Waals surface area (Å²) in [5.74, 6) is 1.96. The van der Waals surface area contributed by atoms with E-state index in [1.165, 1.54) is 0 Å². The average molecular weight is 223 g/mol. The van der Waals surface area contributed by atoms with Crippen LogP contribution < -0.4 is 5.32 Å². The molecule has 3 atom stereocenters. The second-order valence-electron chi connectivity index (χ2n) is 4.55. The average Bonchev–Trinajstić information content (AvgIpc) is 2.84. The van der Waals surface area contributed by atoms with E-state index < -0.39 is 0 Å². The second kappa shape index (κ2) is 5.02. The quantitative estimate of drug-likeness (QED) is 0.852. The first-order valence-corrected chi connectivity index (χ1v) is 6.16. The number of nitrogens with one attached hydrogen (secondary N) is 1. The molecule has 0 radical (unpaired) electrons. The van der Waals surface area contributed by atoms with Crippen LogP contribution in [0.15, 0.2) is 16.5 Å². The Balaban J connectivity index is 2.10. The Labute approximate surface area is 97.2 Å². The van der Waals surface area contributed by atoms with Crippen LogP contribution in [0.5, 0.6) is 0 Å². The van der Waals surface area contributed by atoms with Gasteiger partial charge in [-0.25, -0.2) is 0 Å². The predicted molar refractivity (Wildman–Crippen MR) is 63.4 cm³/mol. The summed E-state index contributed by atoms with van der Waals surface area (Å²) in [6, 6.07) is 4.26. The second-order valence-corrected chi connectivity index (χ2v) is 4.55. The smallest absolute Gasteiger partial charge is 0.123 e. The molecule has 0 aliphatic carbocycles. The molecule has 2 rings (SSSR count). The van der Waals surface area contributed by atoms with Crippen LogP contribution in [0.2, 0.25) is 0 Å². The predicted octanol–water partition coefficient (Wildman–Crippen LogP) is 2.81. The van der Waals surface area contributed by atoms with Gasteiger partial charge in [0.2, 0.25) is 0 Å². The van der Waals surface area contributed by atoms with Crippen LogP contribution >= 0.6 is 0 Å². The lowest BCUT2D eigenvalue weighted by atomic mass is 10.1. The lowest BCUT2D eigenvalue weighted by Crippen LogP contribution is -2.31. The molecule has 90 valence electrons. The maximum Gasteiger partial charge on any atom is 0.123 e. The van der Waals surface area contributed by atoms with E-state index in [0.717, 1.165) is 30.9 Å². The summed E-state index contributed by atoms with van der Waals surface area (Å²) in [6.07, 6.45) is 2.88. The van der Waals surface area contributed by atoms with Crippen LogP contribution in [-0.4, -0.2) is 18.8 Å². The highest BCUT2D eigenvalue weighted by atomic mass is 16.5. The van der Waals surface area contributed by atoms with Crippen molar-refractivity contribution in [2.45, 2.75) is 51.9 Å². The van der Waals surface area contributed by atoms with Gasteiger partial charge in [0.15, 0.2) is 0 Å². The normalized spacial score (nSPS) is 27.2. The van der Waals surface area contributed by atoms with E-state index in [2.05, 4.69) is 25.2 Å². The van der Waals surface area contributed by atoms with Gasteiger partial charge in [-0.05, 0) is 45.4 Å². The minimum absolute atomic E-state index is 0.198. The van der Waals surface area contributed by atoms with Crippen molar-refractivity contribution in [2.24, 2.45) is 0 Å². The van der Waals surface area contributed by atoms with Crippen LogP contribution in [0.1, 0.15) is 44.3 Å². The first-order valence-electron chi connectivity index (χ1n) is 6.16. The molecule has 3 unspecified atom stereocenters. The van der Waals surface area contributed by atoms with Crippen LogP contribution in [-0.2, 0) is 4.74 Å².